The monoisotopic (exact) mass is 827 g/mol. The minimum Gasteiger partial charge on any atom is -0.458 e. The highest BCUT2D eigenvalue weighted by Crippen LogP contribution is 2.48. The first-order valence-corrected chi connectivity index (χ1v) is 22.4. The number of aromatic nitrogens is 2. The second-order valence-corrected chi connectivity index (χ2v) is 17.2. The van der Waals surface area contributed by atoms with Crippen molar-refractivity contribution in [1.82, 2.24) is 9.13 Å². The normalized spacial score (nSPS) is 12.7. The van der Waals surface area contributed by atoms with Crippen LogP contribution in [0.1, 0.15) is 0 Å². The van der Waals surface area contributed by atoms with Gasteiger partial charge in [-0.3, -0.25) is 0 Å². The molecule has 302 valence electrons. The van der Waals surface area contributed by atoms with Gasteiger partial charge in [-0.1, -0.05) is 158 Å². The van der Waals surface area contributed by atoms with Gasteiger partial charge in [-0.05, 0) is 94.9 Å². The molecule has 0 unspecified atom stereocenters. The summed E-state index contributed by atoms with van der Waals surface area (Å²) < 4.78 is 11.9. The van der Waals surface area contributed by atoms with Crippen molar-refractivity contribution in [2.45, 2.75) is 0 Å². The van der Waals surface area contributed by atoms with Crippen LogP contribution in [0.3, 0.4) is 0 Å². The minimum absolute atomic E-state index is 0.135. The summed E-state index contributed by atoms with van der Waals surface area (Å²) in [4.78, 5) is 2.54. The Balaban J connectivity index is 1.03. The van der Waals surface area contributed by atoms with E-state index in [1.54, 1.807) is 0 Å². The highest BCUT2D eigenvalue weighted by molar-refractivity contribution is 6.92. The number of hydrogen-bond donors (Lipinski definition) is 0. The fraction of sp³-hybridized carbons (Fsp3) is 0. The third-order valence-corrected chi connectivity index (χ3v) is 13.8. The van der Waals surface area contributed by atoms with Crippen molar-refractivity contribution in [3.63, 3.8) is 0 Å². The zero-order valence-electron chi connectivity index (χ0n) is 35.3. The quantitative estimate of drug-likeness (QED) is 0.161. The van der Waals surface area contributed by atoms with E-state index in [4.69, 9.17) is 4.74 Å². The van der Waals surface area contributed by atoms with Crippen LogP contribution in [-0.4, -0.2) is 16.0 Å². The van der Waals surface area contributed by atoms with Crippen molar-refractivity contribution < 1.29 is 4.74 Å². The molecule has 0 amide bonds. The number of hydrogen-bond acceptors (Lipinski definition) is 2. The number of nitrogens with zero attached hydrogens (tertiary/aromatic N) is 3. The molecule has 0 aliphatic carbocycles. The first kappa shape index (κ1) is 36.0. The number of rotatable bonds is 5. The van der Waals surface area contributed by atoms with E-state index in [9.17, 15) is 0 Å². The lowest BCUT2D eigenvalue weighted by Crippen LogP contribution is -2.59. The summed E-state index contributed by atoms with van der Waals surface area (Å²) in [5, 5.41) is 4.98. The van der Waals surface area contributed by atoms with Crippen LogP contribution >= 0.6 is 0 Å². The van der Waals surface area contributed by atoms with E-state index in [2.05, 4.69) is 244 Å². The standard InChI is InChI=1S/C60H38BN3O/c1-2-18-41(19-3-1)64-57-37-39(42-20-4-11-27-51(42)62-53-29-13-6-22-44(53)45-23-7-14-30-54(45)62)34-35-48(57)49-36-40(38-59-60(49)61(64)50-26-10-17-33-58(50)65-59)43-21-5-12-28-52(43)63-55-31-15-8-24-46(55)47-25-9-16-32-56(47)63/h1-38H. The van der Waals surface area contributed by atoms with Gasteiger partial charge < -0.3 is 18.7 Å². The molecule has 0 spiro atoms. The van der Waals surface area contributed by atoms with Crippen molar-refractivity contribution >= 4 is 72.8 Å². The average molecular weight is 828 g/mol. The summed E-state index contributed by atoms with van der Waals surface area (Å²) in [6.07, 6.45) is 0. The maximum absolute atomic E-state index is 7.04. The molecule has 14 rings (SSSR count). The molecule has 0 radical (unpaired) electrons. The summed E-state index contributed by atoms with van der Waals surface area (Å²) in [6, 6.07) is 83.9. The van der Waals surface area contributed by atoms with E-state index < -0.39 is 0 Å². The van der Waals surface area contributed by atoms with Crippen molar-refractivity contribution in [2.75, 3.05) is 4.81 Å². The third kappa shape index (κ3) is 5.27. The molecular weight excluding hydrogens is 789 g/mol. The number of ether oxygens (including phenoxy) is 1. The largest absolute Gasteiger partial charge is 0.458 e. The molecule has 0 N–H and O–H groups in total. The lowest BCUT2D eigenvalue weighted by molar-refractivity contribution is 0.487. The molecule has 0 saturated carbocycles. The molecule has 2 aliphatic heterocycles. The van der Waals surface area contributed by atoms with E-state index >= 15 is 0 Å². The Hall–Kier alpha value is -8.54. The zero-order valence-corrected chi connectivity index (χ0v) is 35.3. The molecule has 12 aromatic rings. The van der Waals surface area contributed by atoms with Gasteiger partial charge in [0.05, 0.1) is 33.4 Å². The molecule has 0 saturated heterocycles. The molecule has 0 bridgehead atoms. The van der Waals surface area contributed by atoms with Crippen molar-refractivity contribution in [3.8, 4) is 56.3 Å². The Bertz CT molecular complexity index is 3790. The lowest BCUT2D eigenvalue weighted by Gasteiger charge is -2.42. The second kappa shape index (κ2) is 14.0. The Kier molecular flexibility index (Phi) is 7.75. The van der Waals surface area contributed by atoms with Gasteiger partial charge in [0.2, 0.25) is 0 Å². The van der Waals surface area contributed by atoms with Crippen molar-refractivity contribution in [1.29, 1.82) is 0 Å². The molecule has 2 aliphatic rings. The number of anilines is 2. The van der Waals surface area contributed by atoms with E-state index in [-0.39, 0.29) is 6.85 Å². The van der Waals surface area contributed by atoms with Gasteiger partial charge in [-0.25, -0.2) is 0 Å². The smallest absolute Gasteiger partial charge is 0.336 e. The van der Waals surface area contributed by atoms with Crippen molar-refractivity contribution in [3.05, 3.63) is 231 Å². The van der Waals surface area contributed by atoms with Crippen LogP contribution in [0.15, 0.2) is 231 Å². The van der Waals surface area contributed by atoms with Crippen LogP contribution in [0.2, 0.25) is 0 Å². The Morgan fingerprint density at radius 2 is 0.815 bits per heavy atom. The molecule has 5 heteroatoms. The predicted octanol–water partition coefficient (Wildman–Crippen LogP) is 14.2. The van der Waals surface area contributed by atoms with E-state index in [1.165, 1.54) is 65.8 Å². The van der Waals surface area contributed by atoms with E-state index in [0.717, 1.165) is 56.4 Å². The van der Waals surface area contributed by atoms with E-state index in [1.807, 2.05) is 0 Å². The molecule has 2 aromatic heterocycles. The summed E-state index contributed by atoms with van der Waals surface area (Å²) in [6.45, 7) is -0.135. The van der Waals surface area contributed by atoms with E-state index in [0.29, 0.717) is 0 Å². The molecule has 4 nitrogen and oxygen atoms in total. The van der Waals surface area contributed by atoms with Gasteiger partial charge in [-0.15, -0.1) is 0 Å². The van der Waals surface area contributed by atoms with Gasteiger partial charge in [0.15, 0.2) is 0 Å². The molecule has 4 heterocycles. The SMILES string of the molecule is c1ccc(N2B3c4ccccc4Oc4cc(-c5ccccc5-n5c6ccccc6c6ccccc65)cc(c43)-c3ccc(-c4ccccc4-n4c5ccccc5c5ccccc54)cc32)cc1. The number of para-hydroxylation sites is 8. The summed E-state index contributed by atoms with van der Waals surface area (Å²) in [5.41, 5.74) is 18.5. The summed E-state index contributed by atoms with van der Waals surface area (Å²) in [7, 11) is 0. The minimum atomic E-state index is -0.135. The first-order valence-electron chi connectivity index (χ1n) is 22.4. The molecule has 65 heavy (non-hydrogen) atoms. The van der Waals surface area contributed by atoms with Gasteiger partial charge in [0.1, 0.15) is 11.5 Å². The van der Waals surface area contributed by atoms with Crippen LogP contribution in [0.4, 0.5) is 11.4 Å². The predicted molar refractivity (Wildman–Crippen MR) is 272 cm³/mol. The topological polar surface area (TPSA) is 22.3 Å². The van der Waals surface area contributed by atoms with Crippen LogP contribution in [0.25, 0.3) is 88.4 Å². The molecule has 10 aromatic carbocycles. The highest BCUT2D eigenvalue weighted by atomic mass is 16.5. The Morgan fingerprint density at radius 3 is 1.42 bits per heavy atom. The maximum Gasteiger partial charge on any atom is 0.336 e. The van der Waals surface area contributed by atoms with Gasteiger partial charge in [-0.2, -0.15) is 0 Å². The lowest BCUT2D eigenvalue weighted by atomic mass is 9.44. The molecular formula is C60H38BN3O. The number of fused-ring (bicyclic) bond motifs is 10. The molecule has 0 atom stereocenters. The first-order chi connectivity index (χ1) is 32.3. The summed E-state index contributed by atoms with van der Waals surface area (Å²) >= 11 is 0. The molecule has 0 fully saturated rings. The fourth-order valence-corrected chi connectivity index (χ4v) is 11.0. The fourth-order valence-electron chi connectivity index (χ4n) is 11.0. The Morgan fingerprint density at radius 1 is 0.323 bits per heavy atom. The van der Waals surface area contributed by atoms with Crippen LogP contribution < -0.4 is 20.5 Å². The van der Waals surface area contributed by atoms with Crippen LogP contribution in [0, 0.1) is 0 Å². The zero-order chi connectivity index (χ0) is 42.6. The second-order valence-electron chi connectivity index (χ2n) is 17.2. The van der Waals surface area contributed by atoms with Gasteiger partial charge in [0.25, 0.3) is 0 Å². The van der Waals surface area contributed by atoms with Crippen LogP contribution in [-0.2, 0) is 0 Å². The van der Waals surface area contributed by atoms with Gasteiger partial charge >= 0.3 is 6.85 Å². The number of benzene rings is 10. The Labute approximate surface area is 376 Å². The average Bonchev–Trinajstić information content (AvgIpc) is 3.89. The van der Waals surface area contributed by atoms with Gasteiger partial charge in [0, 0.05) is 55.1 Å². The summed E-state index contributed by atoms with van der Waals surface area (Å²) in [5.74, 6) is 1.76. The highest BCUT2D eigenvalue weighted by Gasteiger charge is 2.44. The van der Waals surface area contributed by atoms with Crippen LogP contribution in [0.5, 0.6) is 11.5 Å². The third-order valence-electron chi connectivity index (χ3n) is 13.8. The maximum atomic E-state index is 7.04. The van der Waals surface area contributed by atoms with Crippen molar-refractivity contribution in [2.24, 2.45) is 0 Å².